The fourth-order valence-corrected chi connectivity index (χ4v) is 3.56. The molecule has 2 aromatic rings. The minimum atomic E-state index is -3.55. The van der Waals surface area contributed by atoms with Crippen LogP contribution in [-0.4, -0.2) is 26.4 Å². The Labute approximate surface area is 158 Å². The van der Waals surface area contributed by atoms with Gasteiger partial charge in [-0.25, -0.2) is 13.1 Å². The van der Waals surface area contributed by atoms with E-state index in [9.17, 15) is 18.5 Å². The number of halogens is 2. The molecule has 0 atom stereocenters. The summed E-state index contributed by atoms with van der Waals surface area (Å²) in [6.07, 6.45) is 0.517. The standard InChI is InChI=1S/C15H15BrClN3O4S/c16-11-2-5-13(6-3-11)25(23,24)19-9-1-8-18-15-7-4-12(20(21)22)10-14(15)17/h2-7,10,18-19H,1,8-9H2. The van der Waals surface area contributed by atoms with E-state index in [0.717, 1.165) is 4.47 Å². The van der Waals surface area contributed by atoms with Crippen LogP contribution in [0, 0.1) is 10.1 Å². The van der Waals surface area contributed by atoms with Crippen molar-refractivity contribution in [3.63, 3.8) is 0 Å². The van der Waals surface area contributed by atoms with Gasteiger partial charge in [0.2, 0.25) is 10.0 Å². The maximum atomic E-state index is 12.1. The minimum Gasteiger partial charge on any atom is -0.384 e. The molecule has 0 aliphatic heterocycles. The van der Waals surface area contributed by atoms with Gasteiger partial charge in [-0.1, -0.05) is 27.5 Å². The van der Waals surface area contributed by atoms with Gasteiger partial charge in [0.15, 0.2) is 0 Å². The van der Waals surface area contributed by atoms with E-state index in [1.54, 1.807) is 12.1 Å². The minimum absolute atomic E-state index is 0.0854. The Morgan fingerprint density at radius 2 is 1.80 bits per heavy atom. The Hall–Kier alpha value is -1.68. The quantitative estimate of drug-likeness (QED) is 0.363. The highest BCUT2D eigenvalue weighted by Gasteiger charge is 2.13. The first-order valence-electron chi connectivity index (χ1n) is 7.22. The number of sulfonamides is 1. The lowest BCUT2D eigenvalue weighted by Crippen LogP contribution is -2.26. The van der Waals surface area contributed by atoms with E-state index >= 15 is 0 Å². The summed E-state index contributed by atoms with van der Waals surface area (Å²) in [5.41, 5.74) is 0.473. The summed E-state index contributed by atoms with van der Waals surface area (Å²) >= 11 is 9.22. The highest BCUT2D eigenvalue weighted by molar-refractivity contribution is 9.10. The van der Waals surface area contributed by atoms with Crippen LogP contribution in [-0.2, 0) is 10.0 Å². The topological polar surface area (TPSA) is 101 Å². The monoisotopic (exact) mass is 447 g/mol. The first-order valence-corrected chi connectivity index (χ1v) is 9.88. The van der Waals surface area contributed by atoms with Crippen molar-refractivity contribution < 1.29 is 13.3 Å². The zero-order valence-corrected chi connectivity index (χ0v) is 16.1. The number of hydrogen-bond acceptors (Lipinski definition) is 5. The Morgan fingerprint density at radius 1 is 1.12 bits per heavy atom. The Kier molecular flexibility index (Phi) is 6.77. The van der Waals surface area contributed by atoms with Crippen LogP contribution in [0.25, 0.3) is 0 Å². The van der Waals surface area contributed by atoms with Crippen molar-refractivity contribution in [3.8, 4) is 0 Å². The van der Waals surface area contributed by atoms with Crippen LogP contribution < -0.4 is 10.0 Å². The third-order valence-corrected chi connectivity index (χ3v) is 5.57. The maximum Gasteiger partial charge on any atom is 0.271 e. The molecule has 0 aliphatic carbocycles. The number of nitrogens with zero attached hydrogens (tertiary/aromatic N) is 1. The molecule has 2 N–H and O–H groups in total. The Morgan fingerprint density at radius 3 is 2.40 bits per heavy atom. The van der Waals surface area contributed by atoms with E-state index in [1.807, 2.05) is 0 Å². The molecule has 0 fully saturated rings. The molecule has 0 unspecified atom stereocenters. The summed E-state index contributed by atoms with van der Waals surface area (Å²) in [6.45, 7) is 0.705. The molecule has 0 spiro atoms. The predicted octanol–water partition coefficient (Wildman–Crippen LogP) is 3.79. The van der Waals surface area contributed by atoms with Crippen molar-refractivity contribution in [2.45, 2.75) is 11.3 Å². The molecule has 0 saturated carbocycles. The molecule has 25 heavy (non-hydrogen) atoms. The highest BCUT2D eigenvalue weighted by atomic mass is 79.9. The predicted molar refractivity (Wildman–Crippen MR) is 101 cm³/mol. The molecule has 134 valence electrons. The molecule has 0 bridgehead atoms. The van der Waals surface area contributed by atoms with Gasteiger partial charge in [0.05, 0.1) is 20.5 Å². The molecule has 0 aliphatic rings. The smallest absolute Gasteiger partial charge is 0.271 e. The first-order chi connectivity index (χ1) is 11.8. The number of hydrogen-bond donors (Lipinski definition) is 2. The summed E-state index contributed by atoms with van der Waals surface area (Å²) in [4.78, 5) is 10.3. The van der Waals surface area contributed by atoms with Gasteiger partial charge < -0.3 is 5.32 Å². The van der Waals surface area contributed by atoms with Gasteiger partial charge in [0.1, 0.15) is 0 Å². The van der Waals surface area contributed by atoms with Gasteiger partial charge in [-0.3, -0.25) is 10.1 Å². The lowest BCUT2D eigenvalue weighted by Gasteiger charge is -2.09. The van der Waals surface area contributed by atoms with Crippen LogP contribution in [0.1, 0.15) is 6.42 Å². The van der Waals surface area contributed by atoms with Crippen molar-refractivity contribution in [3.05, 3.63) is 62.1 Å². The lowest BCUT2D eigenvalue weighted by atomic mass is 10.2. The van der Waals surface area contributed by atoms with Crippen LogP contribution >= 0.6 is 27.5 Å². The summed E-state index contributed by atoms with van der Waals surface area (Å²) in [7, 11) is -3.55. The van der Waals surface area contributed by atoms with Gasteiger partial charge in [-0.2, -0.15) is 0 Å². The molecule has 0 heterocycles. The van der Waals surface area contributed by atoms with E-state index in [-0.39, 0.29) is 22.2 Å². The number of benzene rings is 2. The number of non-ortho nitro benzene ring substituents is 1. The Bertz CT molecular complexity index is 860. The van der Waals surface area contributed by atoms with Crippen molar-refractivity contribution >= 4 is 48.9 Å². The number of nitro benzene ring substituents is 1. The van der Waals surface area contributed by atoms with E-state index in [2.05, 4.69) is 26.0 Å². The van der Waals surface area contributed by atoms with Gasteiger partial charge in [-0.15, -0.1) is 0 Å². The van der Waals surface area contributed by atoms with Gasteiger partial charge in [0.25, 0.3) is 5.69 Å². The summed E-state index contributed by atoms with van der Waals surface area (Å²) in [5.74, 6) is 0. The molecule has 0 aromatic heterocycles. The van der Waals surface area contributed by atoms with Crippen LogP contribution in [0.5, 0.6) is 0 Å². The van der Waals surface area contributed by atoms with E-state index in [4.69, 9.17) is 11.6 Å². The average molecular weight is 449 g/mol. The molecule has 2 rings (SSSR count). The number of nitro groups is 1. The zero-order valence-electron chi connectivity index (χ0n) is 12.9. The van der Waals surface area contributed by atoms with Gasteiger partial charge in [0, 0.05) is 29.7 Å². The highest BCUT2D eigenvalue weighted by Crippen LogP contribution is 2.26. The van der Waals surface area contributed by atoms with Crippen LogP contribution in [0.3, 0.4) is 0 Å². The summed E-state index contributed by atoms with van der Waals surface area (Å²) < 4.78 is 27.5. The second-order valence-electron chi connectivity index (χ2n) is 5.05. The Balaban J connectivity index is 1.81. The van der Waals surface area contributed by atoms with Gasteiger partial charge >= 0.3 is 0 Å². The molecule has 10 heteroatoms. The molecule has 0 saturated heterocycles. The van der Waals surface area contributed by atoms with E-state index in [1.165, 1.54) is 30.3 Å². The fraction of sp³-hybridized carbons (Fsp3) is 0.200. The summed E-state index contributed by atoms with van der Waals surface area (Å²) in [5, 5.41) is 13.9. The SMILES string of the molecule is O=[N+]([O-])c1ccc(NCCCNS(=O)(=O)c2ccc(Br)cc2)c(Cl)c1. The van der Waals surface area contributed by atoms with Crippen molar-refractivity contribution in [1.29, 1.82) is 0 Å². The van der Waals surface area contributed by atoms with E-state index in [0.29, 0.717) is 18.7 Å². The third-order valence-electron chi connectivity index (χ3n) is 3.25. The van der Waals surface area contributed by atoms with E-state index < -0.39 is 14.9 Å². The number of anilines is 1. The summed E-state index contributed by atoms with van der Waals surface area (Å²) in [6, 6.07) is 10.5. The molecule has 0 radical (unpaired) electrons. The number of nitrogens with one attached hydrogen (secondary N) is 2. The molecule has 2 aromatic carbocycles. The molecular weight excluding hydrogens is 434 g/mol. The third kappa shape index (κ3) is 5.67. The average Bonchev–Trinajstić information content (AvgIpc) is 2.56. The molecule has 7 nitrogen and oxygen atoms in total. The van der Waals surface area contributed by atoms with Crippen LogP contribution in [0.4, 0.5) is 11.4 Å². The second kappa shape index (κ2) is 8.61. The fourth-order valence-electron chi connectivity index (χ4n) is 1.98. The first kappa shape index (κ1) is 19.6. The number of rotatable bonds is 8. The molecular formula is C15H15BrClN3O4S. The zero-order chi connectivity index (χ0) is 18.4. The second-order valence-corrected chi connectivity index (χ2v) is 8.14. The van der Waals surface area contributed by atoms with Gasteiger partial charge in [-0.05, 0) is 36.8 Å². The van der Waals surface area contributed by atoms with Crippen LogP contribution in [0.15, 0.2) is 51.8 Å². The largest absolute Gasteiger partial charge is 0.384 e. The maximum absolute atomic E-state index is 12.1. The van der Waals surface area contributed by atoms with Crippen LogP contribution in [0.2, 0.25) is 5.02 Å². The van der Waals surface area contributed by atoms with Crippen molar-refractivity contribution in [1.82, 2.24) is 4.72 Å². The van der Waals surface area contributed by atoms with Crippen molar-refractivity contribution in [2.75, 3.05) is 18.4 Å². The lowest BCUT2D eigenvalue weighted by molar-refractivity contribution is -0.384. The molecule has 0 amide bonds. The normalized spacial score (nSPS) is 11.3. The van der Waals surface area contributed by atoms with Crippen molar-refractivity contribution in [2.24, 2.45) is 0 Å².